The monoisotopic (exact) mass is 316 g/mol. The van der Waals surface area contributed by atoms with Crippen LogP contribution in [-0.4, -0.2) is 42.8 Å². The predicted octanol–water partition coefficient (Wildman–Crippen LogP) is 1.22. The van der Waals surface area contributed by atoms with Gasteiger partial charge in [0.25, 0.3) is 0 Å². The van der Waals surface area contributed by atoms with Crippen LogP contribution in [0.4, 0.5) is 0 Å². The number of sulfonamides is 1. The number of hydrogen-bond donors (Lipinski definition) is 2. The van der Waals surface area contributed by atoms with Crippen LogP contribution in [0.2, 0.25) is 0 Å². The fraction of sp³-hybridized carbons (Fsp3) is 0.615. The lowest BCUT2D eigenvalue weighted by Gasteiger charge is -2.22. The summed E-state index contributed by atoms with van der Waals surface area (Å²) in [7, 11) is -3.79. The standard InChI is InChI=1S/C13H20N2O5S/c1-9(2)15-7-10(6-11(15)12(16)17)21(18,19)14-13(3)4-5-20-8-13/h6-7,9,14H,4-5,8H2,1-3H3,(H,16,17). The summed E-state index contributed by atoms with van der Waals surface area (Å²) in [6.45, 7) is 6.18. The lowest BCUT2D eigenvalue weighted by molar-refractivity contribution is 0.0683. The highest BCUT2D eigenvalue weighted by Crippen LogP contribution is 2.24. The first kappa shape index (κ1) is 16.0. The first-order chi connectivity index (χ1) is 9.65. The summed E-state index contributed by atoms with van der Waals surface area (Å²) < 4.78 is 34.1. The lowest BCUT2D eigenvalue weighted by atomic mass is 10.0. The summed E-state index contributed by atoms with van der Waals surface area (Å²) >= 11 is 0. The summed E-state index contributed by atoms with van der Waals surface area (Å²) in [5, 5.41) is 9.17. The second kappa shape index (κ2) is 5.43. The van der Waals surface area contributed by atoms with Crippen molar-refractivity contribution in [1.82, 2.24) is 9.29 Å². The van der Waals surface area contributed by atoms with Crippen LogP contribution in [0.15, 0.2) is 17.2 Å². The molecule has 0 radical (unpaired) electrons. The molecular weight excluding hydrogens is 296 g/mol. The maximum Gasteiger partial charge on any atom is 0.352 e. The second-order valence-corrected chi connectivity index (χ2v) is 7.52. The molecule has 0 spiro atoms. The predicted molar refractivity (Wildman–Crippen MR) is 75.9 cm³/mol. The number of carbonyl (C=O) groups is 1. The zero-order valence-corrected chi connectivity index (χ0v) is 13.1. The van der Waals surface area contributed by atoms with Gasteiger partial charge in [0.15, 0.2) is 0 Å². The van der Waals surface area contributed by atoms with E-state index in [0.717, 1.165) is 0 Å². The third kappa shape index (κ3) is 3.28. The van der Waals surface area contributed by atoms with E-state index >= 15 is 0 Å². The summed E-state index contributed by atoms with van der Waals surface area (Å²) in [5.74, 6) is -1.15. The third-order valence-electron chi connectivity index (χ3n) is 3.51. The van der Waals surface area contributed by atoms with E-state index in [2.05, 4.69) is 4.72 Å². The molecule has 1 atom stereocenters. The minimum atomic E-state index is -3.79. The van der Waals surface area contributed by atoms with Crippen molar-refractivity contribution in [3.8, 4) is 0 Å². The Kier molecular flexibility index (Phi) is 4.14. The van der Waals surface area contributed by atoms with Gasteiger partial charge < -0.3 is 14.4 Å². The Morgan fingerprint density at radius 1 is 1.52 bits per heavy atom. The number of ether oxygens (including phenoxy) is 1. The van der Waals surface area contributed by atoms with Crippen molar-refractivity contribution in [3.63, 3.8) is 0 Å². The molecule has 2 N–H and O–H groups in total. The third-order valence-corrected chi connectivity index (χ3v) is 5.11. The van der Waals surface area contributed by atoms with Crippen molar-refractivity contribution < 1.29 is 23.1 Å². The number of rotatable bonds is 5. The number of nitrogens with zero attached hydrogens (tertiary/aromatic N) is 1. The van der Waals surface area contributed by atoms with Gasteiger partial charge in [0.2, 0.25) is 10.0 Å². The molecule has 1 aliphatic heterocycles. The van der Waals surface area contributed by atoms with Gasteiger partial charge >= 0.3 is 5.97 Å². The molecule has 0 aliphatic carbocycles. The summed E-state index contributed by atoms with van der Waals surface area (Å²) in [5.41, 5.74) is -0.694. The fourth-order valence-electron chi connectivity index (χ4n) is 2.33. The number of carboxylic acids is 1. The zero-order chi connectivity index (χ0) is 15.8. The van der Waals surface area contributed by atoms with Crippen molar-refractivity contribution in [1.29, 1.82) is 0 Å². The molecule has 7 nitrogen and oxygen atoms in total. The zero-order valence-electron chi connectivity index (χ0n) is 12.3. The normalized spacial score (nSPS) is 22.9. The summed E-state index contributed by atoms with van der Waals surface area (Å²) in [6, 6.07) is 1.04. The van der Waals surface area contributed by atoms with Crippen molar-refractivity contribution in [3.05, 3.63) is 18.0 Å². The van der Waals surface area contributed by atoms with Crippen LogP contribution in [0.1, 0.15) is 43.7 Å². The van der Waals surface area contributed by atoms with Crippen LogP contribution in [-0.2, 0) is 14.8 Å². The van der Waals surface area contributed by atoms with E-state index < -0.39 is 21.5 Å². The first-order valence-electron chi connectivity index (χ1n) is 6.71. The van der Waals surface area contributed by atoms with E-state index in [1.54, 1.807) is 20.8 Å². The van der Waals surface area contributed by atoms with Gasteiger partial charge in [-0.25, -0.2) is 17.9 Å². The van der Waals surface area contributed by atoms with E-state index in [9.17, 15) is 18.3 Å². The van der Waals surface area contributed by atoms with E-state index in [1.165, 1.54) is 16.8 Å². The fourth-order valence-corrected chi connectivity index (χ4v) is 3.78. The average Bonchev–Trinajstić information content (AvgIpc) is 2.94. The van der Waals surface area contributed by atoms with Crippen LogP contribution in [0.25, 0.3) is 0 Å². The van der Waals surface area contributed by atoms with E-state index in [1.807, 2.05) is 0 Å². The average molecular weight is 316 g/mol. The molecule has 0 amide bonds. The van der Waals surface area contributed by atoms with Gasteiger partial charge in [0, 0.05) is 18.8 Å². The van der Waals surface area contributed by atoms with Crippen LogP contribution in [0, 0.1) is 0 Å². The molecule has 21 heavy (non-hydrogen) atoms. The topological polar surface area (TPSA) is 97.6 Å². The molecule has 0 saturated carbocycles. The molecule has 1 aromatic rings. The number of hydrogen-bond acceptors (Lipinski definition) is 4. The van der Waals surface area contributed by atoms with E-state index in [4.69, 9.17) is 4.74 Å². The first-order valence-corrected chi connectivity index (χ1v) is 8.20. The number of aromatic carboxylic acids is 1. The maximum absolute atomic E-state index is 12.4. The number of aromatic nitrogens is 1. The molecule has 1 aromatic heterocycles. The van der Waals surface area contributed by atoms with Crippen LogP contribution < -0.4 is 4.72 Å². The maximum atomic E-state index is 12.4. The molecule has 0 bridgehead atoms. The minimum Gasteiger partial charge on any atom is -0.477 e. The highest BCUT2D eigenvalue weighted by Gasteiger charge is 2.35. The van der Waals surface area contributed by atoms with Gasteiger partial charge in [-0.15, -0.1) is 0 Å². The van der Waals surface area contributed by atoms with Crippen LogP contribution in [0.3, 0.4) is 0 Å². The Labute approximate surface area is 124 Å². The SMILES string of the molecule is CC(C)n1cc(S(=O)(=O)NC2(C)CCOC2)cc1C(=O)O. The van der Waals surface area contributed by atoms with Gasteiger partial charge in [0.1, 0.15) is 10.6 Å². The van der Waals surface area contributed by atoms with Crippen molar-refractivity contribution in [2.75, 3.05) is 13.2 Å². The Hall–Kier alpha value is -1.38. The molecule has 1 aliphatic rings. The Morgan fingerprint density at radius 3 is 2.62 bits per heavy atom. The second-order valence-electron chi connectivity index (χ2n) is 5.84. The Balaban J connectivity index is 2.36. The van der Waals surface area contributed by atoms with Crippen molar-refractivity contribution in [2.45, 2.75) is 43.7 Å². The number of carboxylic acid groups (broad SMARTS) is 1. The molecule has 1 saturated heterocycles. The highest BCUT2D eigenvalue weighted by molar-refractivity contribution is 7.89. The minimum absolute atomic E-state index is 0.0401. The van der Waals surface area contributed by atoms with Gasteiger partial charge in [-0.05, 0) is 33.3 Å². The molecule has 2 heterocycles. The molecule has 1 unspecified atom stereocenters. The molecular formula is C13H20N2O5S. The lowest BCUT2D eigenvalue weighted by Crippen LogP contribution is -2.46. The molecule has 118 valence electrons. The Morgan fingerprint density at radius 2 is 2.19 bits per heavy atom. The van der Waals surface area contributed by atoms with E-state index in [-0.39, 0.29) is 16.6 Å². The molecule has 8 heteroatoms. The molecule has 1 fully saturated rings. The smallest absolute Gasteiger partial charge is 0.352 e. The van der Waals surface area contributed by atoms with Crippen molar-refractivity contribution in [2.24, 2.45) is 0 Å². The molecule has 2 rings (SSSR count). The van der Waals surface area contributed by atoms with Gasteiger partial charge in [-0.1, -0.05) is 0 Å². The summed E-state index contributed by atoms with van der Waals surface area (Å²) in [4.78, 5) is 11.2. The van der Waals surface area contributed by atoms with Gasteiger partial charge in [0.05, 0.1) is 12.1 Å². The van der Waals surface area contributed by atoms with Crippen LogP contribution >= 0.6 is 0 Å². The highest BCUT2D eigenvalue weighted by atomic mass is 32.2. The Bertz CT molecular complexity index is 642. The van der Waals surface area contributed by atoms with Crippen molar-refractivity contribution >= 4 is 16.0 Å². The number of nitrogens with one attached hydrogen (secondary N) is 1. The molecule has 0 aromatic carbocycles. The van der Waals surface area contributed by atoms with E-state index in [0.29, 0.717) is 19.6 Å². The summed E-state index contributed by atoms with van der Waals surface area (Å²) in [6.07, 6.45) is 1.94. The largest absolute Gasteiger partial charge is 0.477 e. The quantitative estimate of drug-likeness (QED) is 0.851. The van der Waals surface area contributed by atoms with Crippen LogP contribution in [0.5, 0.6) is 0 Å². The van der Waals surface area contributed by atoms with Gasteiger partial charge in [-0.3, -0.25) is 0 Å². The van der Waals surface area contributed by atoms with Gasteiger partial charge in [-0.2, -0.15) is 0 Å².